The van der Waals surface area contributed by atoms with Crippen LogP contribution in [0.1, 0.15) is 5.56 Å². The molecule has 134 valence electrons. The van der Waals surface area contributed by atoms with Crippen LogP contribution in [0.15, 0.2) is 42.5 Å². The lowest BCUT2D eigenvalue weighted by atomic mass is 10.2. The van der Waals surface area contributed by atoms with Crippen molar-refractivity contribution >= 4 is 17.6 Å². The minimum absolute atomic E-state index is 0.285. The first-order valence-corrected chi connectivity index (χ1v) is 8.11. The van der Waals surface area contributed by atoms with Crippen molar-refractivity contribution in [2.24, 2.45) is 0 Å². The second-order valence-electron chi connectivity index (χ2n) is 5.10. The molecule has 0 aromatic heterocycles. The van der Waals surface area contributed by atoms with Gasteiger partial charge in [-0.3, -0.25) is 0 Å². The number of methoxy groups -OCH3 is 2. The van der Waals surface area contributed by atoms with E-state index < -0.39 is 0 Å². The molecule has 0 fully saturated rings. The van der Waals surface area contributed by atoms with Gasteiger partial charge in [0.2, 0.25) is 0 Å². The highest BCUT2D eigenvalue weighted by Crippen LogP contribution is 2.27. The maximum Gasteiger partial charge on any atom is 0.315 e. The van der Waals surface area contributed by atoms with E-state index in [0.29, 0.717) is 42.0 Å². The number of amides is 2. The van der Waals surface area contributed by atoms with E-state index in [9.17, 15) is 4.79 Å². The van der Waals surface area contributed by atoms with Crippen LogP contribution in [0.3, 0.4) is 0 Å². The summed E-state index contributed by atoms with van der Waals surface area (Å²) < 4.78 is 15.9. The molecule has 2 N–H and O–H groups in total. The number of hydrogen-bond acceptors (Lipinski definition) is 4. The van der Waals surface area contributed by atoms with Gasteiger partial charge in [-0.2, -0.15) is 0 Å². The van der Waals surface area contributed by atoms with Gasteiger partial charge in [0.1, 0.15) is 23.9 Å². The summed E-state index contributed by atoms with van der Waals surface area (Å²) in [7, 11) is 3.15. The van der Waals surface area contributed by atoms with Crippen LogP contribution in [0.25, 0.3) is 0 Å². The Bertz CT molecular complexity index is 687. The van der Waals surface area contributed by atoms with E-state index in [2.05, 4.69) is 10.6 Å². The average molecular weight is 365 g/mol. The van der Waals surface area contributed by atoms with Gasteiger partial charge < -0.3 is 24.8 Å². The molecule has 2 rings (SSSR count). The van der Waals surface area contributed by atoms with Crippen molar-refractivity contribution in [1.82, 2.24) is 10.6 Å². The van der Waals surface area contributed by atoms with Crippen molar-refractivity contribution in [1.29, 1.82) is 0 Å². The van der Waals surface area contributed by atoms with Crippen molar-refractivity contribution in [3.05, 3.63) is 53.1 Å². The third-order valence-electron chi connectivity index (χ3n) is 3.38. The van der Waals surface area contributed by atoms with Gasteiger partial charge in [-0.15, -0.1) is 0 Å². The lowest BCUT2D eigenvalue weighted by molar-refractivity contribution is 0.236. The van der Waals surface area contributed by atoms with Crippen LogP contribution >= 0.6 is 11.6 Å². The van der Waals surface area contributed by atoms with E-state index >= 15 is 0 Å². The van der Waals surface area contributed by atoms with Crippen molar-refractivity contribution in [3.8, 4) is 17.2 Å². The molecule has 2 amide bonds. The van der Waals surface area contributed by atoms with Gasteiger partial charge in [0.25, 0.3) is 0 Å². The molecule has 0 aliphatic carbocycles. The number of benzene rings is 2. The van der Waals surface area contributed by atoms with Crippen LogP contribution < -0.4 is 24.8 Å². The Hall–Kier alpha value is -2.60. The maximum absolute atomic E-state index is 11.8. The Morgan fingerprint density at radius 2 is 1.64 bits per heavy atom. The van der Waals surface area contributed by atoms with Crippen LogP contribution in [0.4, 0.5) is 4.79 Å². The Kier molecular flexibility index (Phi) is 7.22. The van der Waals surface area contributed by atoms with Gasteiger partial charge in [-0.05, 0) is 11.6 Å². The fourth-order valence-electron chi connectivity index (χ4n) is 2.08. The number of ether oxygens (including phenoxy) is 3. The molecular weight excluding hydrogens is 344 g/mol. The standard InChI is InChI=1S/C18H21ClN2O4/c1-23-14-9-15(24-2)11-16(10-14)25-8-7-20-18(22)21-12-13-5-3-4-6-17(13)19/h3-6,9-11H,7-8,12H2,1-2H3,(H2,20,21,22). The van der Waals surface area contributed by atoms with Crippen LogP contribution in [0.5, 0.6) is 17.2 Å². The zero-order valence-corrected chi connectivity index (χ0v) is 14.9. The minimum Gasteiger partial charge on any atom is -0.496 e. The average Bonchev–Trinajstić information content (AvgIpc) is 2.64. The molecule has 6 nitrogen and oxygen atoms in total. The number of halogens is 1. The van der Waals surface area contributed by atoms with Gasteiger partial charge >= 0.3 is 6.03 Å². The third kappa shape index (κ3) is 6.08. The number of urea groups is 1. The SMILES string of the molecule is COc1cc(OC)cc(OCCNC(=O)NCc2ccccc2Cl)c1. The lowest BCUT2D eigenvalue weighted by Crippen LogP contribution is -2.37. The van der Waals surface area contributed by atoms with Gasteiger partial charge in [0.15, 0.2) is 0 Å². The highest BCUT2D eigenvalue weighted by atomic mass is 35.5. The van der Waals surface area contributed by atoms with Crippen LogP contribution in [0.2, 0.25) is 5.02 Å². The molecule has 0 spiro atoms. The monoisotopic (exact) mass is 364 g/mol. The summed E-state index contributed by atoms with van der Waals surface area (Å²) in [5, 5.41) is 6.09. The minimum atomic E-state index is -0.285. The molecule has 25 heavy (non-hydrogen) atoms. The first-order chi connectivity index (χ1) is 12.1. The first-order valence-electron chi connectivity index (χ1n) is 7.73. The molecule has 0 bridgehead atoms. The van der Waals surface area contributed by atoms with Crippen molar-refractivity contribution in [2.75, 3.05) is 27.4 Å². The highest BCUT2D eigenvalue weighted by molar-refractivity contribution is 6.31. The maximum atomic E-state index is 11.8. The highest BCUT2D eigenvalue weighted by Gasteiger charge is 2.05. The molecule has 0 saturated heterocycles. The molecule has 0 aliphatic rings. The molecular formula is C18H21ClN2O4. The molecule has 0 atom stereocenters. The van der Waals surface area contributed by atoms with Crippen molar-refractivity contribution in [2.45, 2.75) is 6.54 Å². The summed E-state index contributed by atoms with van der Waals surface area (Å²) in [6.45, 7) is 1.03. The van der Waals surface area contributed by atoms with Crippen LogP contribution in [0, 0.1) is 0 Å². The number of hydrogen-bond donors (Lipinski definition) is 2. The Morgan fingerprint density at radius 3 is 2.28 bits per heavy atom. The zero-order chi connectivity index (χ0) is 18.1. The predicted octanol–water partition coefficient (Wildman–Crippen LogP) is 3.24. The van der Waals surface area contributed by atoms with Gasteiger partial charge in [0.05, 0.1) is 20.8 Å². The second kappa shape index (κ2) is 9.64. The molecule has 0 radical (unpaired) electrons. The number of nitrogens with one attached hydrogen (secondary N) is 2. The summed E-state index contributed by atoms with van der Waals surface area (Å²) in [6.07, 6.45) is 0. The molecule has 2 aromatic carbocycles. The van der Waals surface area contributed by atoms with E-state index in [0.717, 1.165) is 5.56 Å². The molecule has 7 heteroatoms. The second-order valence-corrected chi connectivity index (χ2v) is 5.50. The van der Waals surface area contributed by atoms with Gasteiger partial charge in [-0.25, -0.2) is 4.79 Å². The fourth-order valence-corrected chi connectivity index (χ4v) is 2.28. The Morgan fingerprint density at radius 1 is 1.00 bits per heavy atom. The van der Waals surface area contributed by atoms with E-state index in [1.54, 1.807) is 38.5 Å². The normalized spacial score (nSPS) is 10.0. The first kappa shape index (κ1) is 18.7. The fraction of sp³-hybridized carbons (Fsp3) is 0.278. The summed E-state index contributed by atoms with van der Waals surface area (Å²) in [6, 6.07) is 12.3. The topological polar surface area (TPSA) is 68.8 Å². The van der Waals surface area contributed by atoms with Gasteiger partial charge in [-0.1, -0.05) is 29.8 Å². The van der Waals surface area contributed by atoms with E-state index in [-0.39, 0.29) is 6.03 Å². The smallest absolute Gasteiger partial charge is 0.315 e. The van der Waals surface area contributed by atoms with Crippen LogP contribution in [-0.2, 0) is 6.54 Å². The quantitative estimate of drug-likeness (QED) is 0.705. The molecule has 0 saturated carbocycles. The molecule has 0 heterocycles. The van der Waals surface area contributed by atoms with Crippen molar-refractivity contribution < 1.29 is 19.0 Å². The summed E-state index contributed by atoms with van der Waals surface area (Å²) in [5.74, 6) is 1.88. The number of carbonyl (C=O) groups is 1. The molecule has 2 aromatic rings. The zero-order valence-electron chi connectivity index (χ0n) is 14.2. The van der Waals surface area contributed by atoms with E-state index in [4.69, 9.17) is 25.8 Å². The van der Waals surface area contributed by atoms with E-state index in [1.807, 2.05) is 18.2 Å². The summed E-state index contributed by atoms with van der Waals surface area (Å²) >= 11 is 6.04. The third-order valence-corrected chi connectivity index (χ3v) is 3.75. The van der Waals surface area contributed by atoms with Crippen molar-refractivity contribution in [3.63, 3.8) is 0 Å². The largest absolute Gasteiger partial charge is 0.496 e. The van der Waals surface area contributed by atoms with Crippen LogP contribution in [-0.4, -0.2) is 33.4 Å². The summed E-state index contributed by atoms with van der Waals surface area (Å²) in [4.78, 5) is 11.8. The lowest BCUT2D eigenvalue weighted by Gasteiger charge is -2.11. The Balaban J connectivity index is 1.72. The number of rotatable bonds is 8. The van der Waals surface area contributed by atoms with E-state index in [1.165, 1.54) is 0 Å². The number of carbonyl (C=O) groups excluding carboxylic acids is 1. The summed E-state index contributed by atoms with van der Waals surface area (Å²) in [5.41, 5.74) is 0.860. The Labute approximate surface area is 152 Å². The molecule has 0 aliphatic heterocycles. The molecule has 0 unspecified atom stereocenters. The van der Waals surface area contributed by atoms with Gasteiger partial charge in [0, 0.05) is 29.8 Å². The predicted molar refractivity (Wildman–Crippen MR) is 96.7 cm³/mol.